The zero-order chi connectivity index (χ0) is 11.8. The highest BCUT2D eigenvalue weighted by molar-refractivity contribution is 5.21. The third kappa shape index (κ3) is 1.83. The van der Waals surface area contributed by atoms with Gasteiger partial charge in [-0.1, -0.05) is 12.1 Å². The maximum atomic E-state index is 8.84. The van der Waals surface area contributed by atoms with Crippen molar-refractivity contribution in [2.75, 3.05) is 13.2 Å². The van der Waals surface area contributed by atoms with Crippen molar-refractivity contribution >= 4 is 0 Å². The van der Waals surface area contributed by atoms with Gasteiger partial charge in [0.25, 0.3) is 0 Å². The molecular formula is C12H16N4O. The molecule has 0 aromatic carbocycles. The van der Waals surface area contributed by atoms with Crippen LogP contribution >= 0.6 is 0 Å². The normalized spacial score (nSPS) is 31.4. The lowest BCUT2D eigenvalue weighted by Gasteiger charge is -2.11. The number of hydrogen-bond donors (Lipinski definition) is 0. The van der Waals surface area contributed by atoms with E-state index in [0.29, 0.717) is 24.3 Å². The Morgan fingerprint density at radius 1 is 1.59 bits per heavy atom. The van der Waals surface area contributed by atoms with Crippen molar-refractivity contribution in [1.29, 1.82) is 5.26 Å². The summed E-state index contributed by atoms with van der Waals surface area (Å²) in [5, 5.41) is 17.3. The highest BCUT2D eigenvalue weighted by Gasteiger charge is 2.39. The molecule has 3 rings (SSSR count). The van der Waals surface area contributed by atoms with Gasteiger partial charge in [0.1, 0.15) is 5.69 Å². The fourth-order valence-electron chi connectivity index (χ4n) is 2.60. The van der Waals surface area contributed by atoms with Crippen molar-refractivity contribution in [2.24, 2.45) is 5.92 Å². The lowest BCUT2D eigenvalue weighted by molar-refractivity contribution is 0.193. The van der Waals surface area contributed by atoms with E-state index < -0.39 is 0 Å². The molecule has 5 heteroatoms. The van der Waals surface area contributed by atoms with Crippen LogP contribution < -0.4 is 0 Å². The molecule has 2 heterocycles. The summed E-state index contributed by atoms with van der Waals surface area (Å²) in [6.07, 6.45) is 2.55. The molecule has 2 fully saturated rings. The molecule has 5 nitrogen and oxygen atoms in total. The van der Waals surface area contributed by atoms with Crippen LogP contribution in [-0.4, -0.2) is 28.2 Å². The Kier molecular flexibility index (Phi) is 2.60. The van der Waals surface area contributed by atoms with E-state index in [2.05, 4.69) is 28.0 Å². The van der Waals surface area contributed by atoms with E-state index >= 15 is 0 Å². The van der Waals surface area contributed by atoms with Gasteiger partial charge in [0.2, 0.25) is 0 Å². The summed E-state index contributed by atoms with van der Waals surface area (Å²) in [7, 11) is 0. The first-order valence-corrected chi connectivity index (χ1v) is 6.20. The fraction of sp³-hybridized carbons (Fsp3) is 0.750. The Morgan fingerprint density at radius 2 is 2.41 bits per heavy atom. The quantitative estimate of drug-likeness (QED) is 0.790. The van der Waals surface area contributed by atoms with Gasteiger partial charge in [0, 0.05) is 12.5 Å². The molecule has 1 aromatic rings. The molecule has 3 atom stereocenters. The summed E-state index contributed by atoms with van der Waals surface area (Å²) in [6.45, 7) is 3.78. The Bertz CT molecular complexity index is 456. The van der Waals surface area contributed by atoms with Crippen molar-refractivity contribution in [2.45, 2.75) is 38.1 Å². The van der Waals surface area contributed by atoms with E-state index in [-0.39, 0.29) is 0 Å². The predicted octanol–water partition coefficient (Wildman–Crippen LogP) is 1.43. The van der Waals surface area contributed by atoms with Crippen LogP contribution in [0.4, 0.5) is 0 Å². The van der Waals surface area contributed by atoms with Gasteiger partial charge in [-0.15, -0.1) is 5.10 Å². The van der Waals surface area contributed by atoms with Crippen LogP contribution in [0.25, 0.3) is 0 Å². The first-order valence-electron chi connectivity index (χ1n) is 6.20. The van der Waals surface area contributed by atoms with Crippen molar-refractivity contribution in [3.8, 4) is 6.07 Å². The molecule has 0 radical (unpaired) electrons. The highest BCUT2D eigenvalue weighted by Crippen LogP contribution is 2.44. The second-order valence-electron chi connectivity index (χ2n) is 5.04. The number of aromatic nitrogens is 3. The van der Waals surface area contributed by atoms with Gasteiger partial charge < -0.3 is 4.74 Å². The Labute approximate surface area is 100 Å². The lowest BCUT2D eigenvalue weighted by atomic mass is 10.0. The van der Waals surface area contributed by atoms with Crippen LogP contribution in [0.15, 0.2) is 0 Å². The summed E-state index contributed by atoms with van der Waals surface area (Å²) in [5.41, 5.74) is 2.00. The summed E-state index contributed by atoms with van der Waals surface area (Å²) >= 11 is 0. The van der Waals surface area contributed by atoms with Gasteiger partial charge >= 0.3 is 0 Å². The zero-order valence-corrected chi connectivity index (χ0v) is 9.96. The molecule has 17 heavy (non-hydrogen) atoms. The summed E-state index contributed by atoms with van der Waals surface area (Å²) < 4.78 is 7.50. The minimum atomic E-state index is 0.354. The Morgan fingerprint density at radius 3 is 3.00 bits per heavy atom. The molecule has 3 unspecified atom stereocenters. The largest absolute Gasteiger partial charge is 0.381 e. The number of rotatable bonds is 3. The van der Waals surface area contributed by atoms with Crippen LogP contribution in [0.3, 0.4) is 0 Å². The molecule has 1 saturated carbocycles. The molecule has 0 N–H and O–H groups in total. The van der Waals surface area contributed by atoms with E-state index in [1.54, 1.807) is 0 Å². The summed E-state index contributed by atoms with van der Waals surface area (Å²) in [4.78, 5) is 0. The standard InChI is InChI=1S/C12H16N4O/c1-8-6-11(8)16-12(9-3-5-17-7-9)10(2-4-13)14-15-16/h8-9,11H,2-3,5-7H2,1H3. The van der Waals surface area contributed by atoms with Crippen LogP contribution in [0.2, 0.25) is 0 Å². The van der Waals surface area contributed by atoms with Crippen LogP contribution in [0.5, 0.6) is 0 Å². The maximum Gasteiger partial charge on any atom is 0.100 e. The zero-order valence-electron chi connectivity index (χ0n) is 9.96. The average molecular weight is 232 g/mol. The van der Waals surface area contributed by atoms with Crippen molar-refractivity contribution in [3.63, 3.8) is 0 Å². The molecule has 0 bridgehead atoms. The Hall–Kier alpha value is -1.41. The van der Waals surface area contributed by atoms with E-state index in [1.165, 1.54) is 6.42 Å². The minimum absolute atomic E-state index is 0.354. The number of nitriles is 1. The van der Waals surface area contributed by atoms with Gasteiger partial charge in [-0.3, -0.25) is 0 Å². The van der Waals surface area contributed by atoms with Crippen LogP contribution in [-0.2, 0) is 11.2 Å². The number of hydrogen-bond acceptors (Lipinski definition) is 4. The first-order chi connectivity index (χ1) is 8.31. The lowest BCUT2D eigenvalue weighted by Crippen LogP contribution is -2.11. The molecular weight excluding hydrogens is 216 g/mol. The predicted molar refractivity (Wildman–Crippen MR) is 60.3 cm³/mol. The number of nitrogens with zero attached hydrogens (tertiary/aromatic N) is 4. The molecule has 1 saturated heterocycles. The minimum Gasteiger partial charge on any atom is -0.381 e. The monoisotopic (exact) mass is 232 g/mol. The van der Waals surface area contributed by atoms with Gasteiger partial charge in [0.05, 0.1) is 30.8 Å². The first kappa shape index (κ1) is 10.7. The van der Waals surface area contributed by atoms with Crippen LogP contribution in [0, 0.1) is 17.2 Å². The summed E-state index contributed by atoms with van der Waals surface area (Å²) in [5.74, 6) is 1.06. The van der Waals surface area contributed by atoms with Crippen molar-refractivity contribution < 1.29 is 4.74 Å². The molecule has 90 valence electrons. The molecule has 2 aliphatic rings. The average Bonchev–Trinajstić information content (AvgIpc) is 2.77. The Balaban J connectivity index is 1.95. The van der Waals surface area contributed by atoms with Crippen molar-refractivity contribution in [1.82, 2.24) is 15.0 Å². The summed E-state index contributed by atoms with van der Waals surface area (Å²) in [6, 6.07) is 2.67. The second-order valence-corrected chi connectivity index (χ2v) is 5.04. The topological polar surface area (TPSA) is 63.7 Å². The maximum absolute atomic E-state index is 8.84. The fourth-order valence-corrected chi connectivity index (χ4v) is 2.60. The van der Waals surface area contributed by atoms with Crippen LogP contribution in [0.1, 0.15) is 43.1 Å². The second kappa shape index (κ2) is 4.11. The van der Waals surface area contributed by atoms with Gasteiger partial charge in [0.15, 0.2) is 0 Å². The van der Waals surface area contributed by atoms with Gasteiger partial charge in [-0.05, 0) is 18.8 Å². The van der Waals surface area contributed by atoms with E-state index in [9.17, 15) is 0 Å². The third-order valence-corrected chi connectivity index (χ3v) is 3.75. The number of ether oxygens (including phenoxy) is 1. The SMILES string of the molecule is CC1CC1n1nnc(CC#N)c1C1CCOC1. The van der Waals surface area contributed by atoms with Gasteiger partial charge in [-0.2, -0.15) is 5.26 Å². The third-order valence-electron chi connectivity index (χ3n) is 3.75. The van der Waals surface area contributed by atoms with Crippen molar-refractivity contribution in [3.05, 3.63) is 11.4 Å². The highest BCUT2D eigenvalue weighted by atomic mass is 16.5. The van der Waals surface area contributed by atoms with E-state index in [4.69, 9.17) is 10.00 Å². The molecule has 1 aliphatic carbocycles. The molecule has 1 aromatic heterocycles. The molecule has 0 amide bonds. The van der Waals surface area contributed by atoms with Gasteiger partial charge in [-0.25, -0.2) is 4.68 Å². The van der Waals surface area contributed by atoms with E-state index in [0.717, 1.165) is 31.0 Å². The molecule has 0 spiro atoms. The molecule has 1 aliphatic heterocycles. The smallest absolute Gasteiger partial charge is 0.100 e. The van der Waals surface area contributed by atoms with E-state index in [1.807, 2.05) is 0 Å².